The average Bonchev–Trinajstić information content (AvgIpc) is 2.54. The van der Waals surface area contributed by atoms with Gasteiger partial charge in [0.05, 0.1) is 0 Å². The first-order valence-electron chi connectivity index (χ1n) is 7.46. The summed E-state index contributed by atoms with van der Waals surface area (Å²) in [5, 5.41) is 11.9. The first-order valence-corrected chi connectivity index (χ1v) is 7.46. The number of rotatable bonds is 4. The second-order valence-corrected chi connectivity index (χ2v) is 5.33. The van der Waals surface area contributed by atoms with Crippen LogP contribution >= 0.6 is 0 Å². The van der Waals surface area contributed by atoms with Crippen LogP contribution < -0.4 is 5.32 Å². The molecule has 1 heterocycles. The number of anilines is 1. The van der Waals surface area contributed by atoms with Crippen molar-refractivity contribution in [1.82, 2.24) is 4.90 Å². The molecule has 2 amide bonds. The number of carbonyl (C=O) groups is 3. The van der Waals surface area contributed by atoms with E-state index in [0.29, 0.717) is 30.6 Å². The number of hydrogen-bond acceptors (Lipinski definition) is 3. The quantitative estimate of drug-likeness (QED) is 0.892. The summed E-state index contributed by atoms with van der Waals surface area (Å²) >= 11 is 0. The van der Waals surface area contributed by atoms with Crippen LogP contribution in [0.1, 0.15) is 43.0 Å². The van der Waals surface area contributed by atoms with E-state index in [0.717, 1.165) is 12.8 Å². The highest BCUT2D eigenvalue weighted by molar-refractivity contribution is 5.97. The van der Waals surface area contributed by atoms with Gasteiger partial charge in [-0.25, -0.2) is 4.79 Å². The number of nitrogens with one attached hydrogen (secondary N) is 1. The topological polar surface area (TPSA) is 86.7 Å². The van der Waals surface area contributed by atoms with E-state index in [4.69, 9.17) is 0 Å². The molecule has 1 saturated heterocycles. The molecular formula is C16H20N2O4. The zero-order chi connectivity index (χ0) is 16.1. The molecule has 1 fully saturated rings. The Balaban J connectivity index is 2.11. The van der Waals surface area contributed by atoms with Crippen molar-refractivity contribution < 1.29 is 19.5 Å². The fourth-order valence-corrected chi connectivity index (χ4v) is 2.54. The van der Waals surface area contributed by atoms with Crippen LogP contribution in [0.5, 0.6) is 0 Å². The molecule has 118 valence electrons. The van der Waals surface area contributed by atoms with Crippen molar-refractivity contribution in [3.8, 4) is 0 Å². The summed E-state index contributed by atoms with van der Waals surface area (Å²) in [5.74, 6) is -1.33. The van der Waals surface area contributed by atoms with E-state index in [1.54, 1.807) is 31.2 Å². The predicted octanol–water partition coefficient (Wildman–Crippen LogP) is 2.11. The summed E-state index contributed by atoms with van der Waals surface area (Å²) in [7, 11) is 0. The number of carbonyl (C=O) groups excluding carboxylic acids is 2. The third-order valence-corrected chi connectivity index (χ3v) is 3.79. The molecule has 0 aliphatic carbocycles. The molecule has 1 atom stereocenters. The van der Waals surface area contributed by atoms with Gasteiger partial charge in [0.1, 0.15) is 6.04 Å². The lowest BCUT2D eigenvalue weighted by Gasteiger charge is -2.33. The highest BCUT2D eigenvalue weighted by Crippen LogP contribution is 2.21. The Bertz CT molecular complexity index is 568. The monoisotopic (exact) mass is 304 g/mol. The molecule has 0 radical (unpaired) electrons. The molecule has 6 heteroatoms. The fraction of sp³-hybridized carbons (Fsp3) is 0.438. The van der Waals surface area contributed by atoms with E-state index < -0.39 is 12.0 Å². The van der Waals surface area contributed by atoms with Gasteiger partial charge in [0.15, 0.2) is 0 Å². The van der Waals surface area contributed by atoms with Crippen molar-refractivity contribution >= 4 is 23.5 Å². The molecule has 1 unspecified atom stereocenters. The summed E-state index contributed by atoms with van der Waals surface area (Å²) in [6.07, 6.45) is 2.52. The molecule has 0 saturated carbocycles. The Kier molecular flexibility index (Phi) is 5.14. The van der Waals surface area contributed by atoms with E-state index >= 15 is 0 Å². The average molecular weight is 304 g/mol. The number of aliphatic carboxylic acids is 1. The van der Waals surface area contributed by atoms with Crippen LogP contribution in [0.3, 0.4) is 0 Å². The minimum absolute atomic E-state index is 0.0963. The van der Waals surface area contributed by atoms with Gasteiger partial charge >= 0.3 is 5.97 Å². The molecule has 0 aromatic heterocycles. The number of carboxylic acid groups (broad SMARTS) is 1. The maximum atomic E-state index is 12.5. The third kappa shape index (κ3) is 3.63. The van der Waals surface area contributed by atoms with E-state index in [-0.39, 0.29) is 11.8 Å². The van der Waals surface area contributed by atoms with Gasteiger partial charge in [0.2, 0.25) is 5.91 Å². The molecule has 1 aromatic rings. The number of nitrogens with zero attached hydrogens (tertiary/aromatic N) is 1. The highest BCUT2D eigenvalue weighted by Gasteiger charge is 2.32. The maximum absolute atomic E-state index is 12.5. The molecule has 1 aromatic carbocycles. The number of piperidine rings is 1. The van der Waals surface area contributed by atoms with Crippen LogP contribution in [0.15, 0.2) is 24.3 Å². The first-order chi connectivity index (χ1) is 10.5. The highest BCUT2D eigenvalue weighted by atomic mass is 16.4. The van der Waals surface area contributed by atoms with Gasteiger partial charge in [-0.3, -0.25) is 9.59 Å². The van der Waals surface area contributed by atoms with E-state index in [1.165, 1.54) is 4.90 Å². The predicted molar refractivity (Wildman–Crippen MR) is 81.7 cm³/mol. The third-order valence-electron chi connectivity index (χ3n) is 3.79. The Hall–Kier alpha value is -2.37. The van der Waals surface area contributed by atoms with Crippen LogP contribution in [-0.2, 0) is 9.59 Å². The molecule has 6 nitrogen and oxygen atoms in total. The second-order valence-electron chi connectivity index (χ2n) is 5.33. The SMILES string of the molecule is CCC(=O)Nc1ccc(C(=O)N2CCCCC2C(=O)O)cc1. The van der Waals surface area contributed by atoms with Crippen LogP contribution in [0.25, 0.3) is 0 Å². The number of carboxylic acids is 1. The lowest BCUT2D eigenvalue weighted by atomic mass is 10.0. The standard InChI is InChI=1S/C16H20N2O4/c1-2-14(19)17-12-8-6-11(7-9-12)15(20)18-10-4-3-5-13(18)16(21)22/h6-9,13H,2-5,10H2,1H3,(H,17,19)(H,21,22). The minimum atomic E-state index is -0.958. The summed E-state index contributed by atoms with van der Waals surface area (Å²) in [4.78, 5) is 36.5. The van der Waals surface area contributed by atoms with Crippen molar-refractivity contribution in [3.63, 3.8) is 0 Å². The summed E-state index contributed by atoms with van der Waals surface area (Å²) in [6.45, 7) is 2.22. The Morgan fingerprint density at radius 3 is 2.50 bits per heavy atom. The zero-order valence-corrected chi connectivity index (χ0v) is 12.5. The Morgan fingerprint density at radius 1 is 1.23 bits per heavy atom. The Labute approximate surface area is 129 Å². The molecular weight excluding hydrogens is 284 g/mol. The van der Waals surface area contributed by atoms with Crippen LogP contribution in [0.4, 0.5) is 5.69 Å². The van der Waals surface area contributed by atoms with Gasteiger partial charge in [0.25, 0.3) is 5.91 Å². The largest absolute Gasteiger partial charge is 0.480 e. The van der Waals surface area contributed by atoms with Gasteiger partial charge in [-0.2, -0.15) is 0 Å². The van der Waals surface area contributed by atoms with Gasteiger partial charge in [0, 0.05) is 24.2 Å². The number of amides is 2. The zero-order valence-electron chi connectivity index (χ0n) is 12.5. The van der Waals surface area contributed by atoms with Crippen molar-refractivity contribution in [2.75, 3.05) is 11.9 Å². The van der Waals surface area contributed by atoms with Crippen LogP contribution in [0, 0.1) is 0 Å². The second kappa shape index (κ2) is 7.06. The summed E-state index contributed by atoms with van der Waals surface area (Å²) < 4.78 is 0. The smallest absolute Gasteiger partial charge is 0.326 e. The van der Waals surface area contributed by atoms with E-state index in [1.807, 2.05) is 0 Å². The van der Waals surface area contributed by atoms with Crippen molar-refractivity contribution in [2.45, 2.75) is 38.6 Å². The lowest BCUT2D eigenvalue weighted by Crippen LogP contribution is -2.47. The van der Waals surface area contributed by atoms with E-state index in [2.05, 4.69) is 5.32 Å². The minimum Gasteiger partial charge on any atom is -0.480 e. The van der Waals surface area contributed by atoms with Crippen LogP contribution in [0.2, 0.25) is 0 Å². The number of likely N-dealkylation sites (tertiary alicyclic amines) is 1. The molecule has 1 aliphatic heterocycles. The van der Waals surface area contributed by atoms with Crippen molar-refractivity contribution in [3.05, 3.63) is 29.8 Å². The fourth-order valence-electron chi connectivity index (χ4n) is 2.54. The molecule has 1 aliphatic rings. The van der Waals surface area contributed by atoms with Crippen LogP contribution in [-0.4, -0.2) is 40.4 Å². The van der Waals surface area contributed by atoms with Gasteiger partial charge in [-0.05, 0) is 43.5 Å². The van der Waals surface area contributed by atoms with Gasteiger partial charge in [-0.15, -0.1) is 0 Å². The Morgan fingerprint density at radius 2 is 1.91 bits per heavy atom. The van der Waals surface area contributed by atoms with Crippen molar-refractivity contribution in [2.24, 2.45) is 0 Å². The van der Waals surface area contributed by atoms with Gasteiger partial charge < -0.3 is 15.3 Å². The lowest BCUT2D eigenvalue weighted by molar-refractivity contribution is -0.143. The first kappa shape index (κ1) is 16.0. The normalized spacial score (nSPS) is 17.9. The summed E-state index contributed by atoms with van der Waals surface area (Å²) in [5.41, 5.74) is 1.06. The number of hydrogen-bond donors (Lipinski definition) is 2. The van der Waals surface area contributed by atoms with Gasteiger partial charge in [-0.1, -0.05) is 6.92 Å². The maximum Gasteiger partial charge on any atom is 0.326 e. The van der Waals surface area contributed by atoms with E-state index in [9.17, 15) is 19.5 Å². The molecule has 0 spiro atoms. The number of benzene rings is 1. The molecule has 2 rings (SSSR count). The molecule has 0 bridgehead atoms. The van der Waals surface area contributed by atoms with Crippen molar-refractivity contribution in [1.29, 1.82) is 0 Å². The molecule has 2 N–H and O–H groups in total. The summed E-state index contributed by atoms with van der Waals surface area (Å²) in [6, 6.07) is 5.78. The molecule has 22 heavy (non-hydrogen) atoms.